The van der Waals surface area contributed by atoms with Crippen molar-refractivity contribution in [3.63, 3.8) is 0 Å². The van der Waals surface area contributed by atoms with E-state index >= 15 is 0 Å². The number of benzene rings is 2. The number of hydrogen-bond acceptors (Lipinski definition) is 3. The van der Waals surface area contributed by atoms with Gasteiger partial charge in [0.2, 0.25) is 0 Å². The van der Waals surface area contributed by atoms with Gasteiger partial charge < -0.3 is 9.47 Å². The molecule has 0 saturated carbocycles. The van der Waals surface area contributed by atoms with Gasteiger partial charge in [-0.3, -0.25) is 9.79 Å². The van der Waals surface area contributed by atoms with Crippen LogP contribution >= 0.6 is 0 Å². The van der Waals surface area contributed by atoms with E-state index in [1.807, 2.05) is 43.3 Å². The molecule has 0 unspecified atom stereocenters. The van der Waals surface area contributed by atoms with E-state index in [9.17, 15) is 13.6 Å². The van der Waals surface area contributed by atoms with Gasteiger partial charge in [0.15, 0.2) is 0 Å². The molecule has 32 heavy (non-hydrogen) atoms. The molecule has 0 saturated heterocycles. The van der Waals surface area contributed by atoms with Gasteiger partial charge in [-0.2, -0.15) is 0 Å². The van der Waals surface area contributed by atoms with Gasteiger partial charge in [-0.25, -0.2) is 8.78 Å². The number of rotatable bonds is 4. The van der Waals surface area contributed by atoms with E-state index in [1.165, 1.54) is 0 Å². The molecule has 0 atom stereocenters. The summed E-state index contributed by atoms with van der Waals surface area (Å²) in [6.07, 6.45) is 2.58. The molecule has 0 N–H and O–H groups in total. The molecule has 0 bridgehead atoms. The molecule has 0 aliphatic carbocycles. The van der Waals surface area contributed by atoms with Gasteiger partial charge >= 0.3 is 0 Å². The zero-order valence-corrected chi connectivity index (χ0v) is 18.8. The first-order chi connectivity index (χ1) is 15.4. The van der Waals surface area contributed by atoms with Crippen molar-refractivity contribution in [1.29, 1.82) is 0 Å². The lowest BCUT2D eigenvalue weighted by atomic mass is 9.91. The van der Waals surface area contributed by atoms with Crippen LogP contribution in [0.5, 0.6) is 0 Å². The number of anilines is 2. The highest BCUT2D eigenvalue weighted by Crippen LogP contribution is 2.41. The lowest BCUT2D eigenvalue weighted by Gasteiger charge is -2.33. The third kappa shape index (κ3) is 3.64. The summed E-state index contributed by atoms with van der Waals surface area (Å²) < 4.78 is 29.9. The highest BCUT2D eigenvalue weighted by atomic mass is 19.3. The van der Waals surface area contributed by atoms with Crippen LogP contribution in [0, 0.1) is 6.92 Å². The minimum absolute atomic E-state index is 0.00691. The van der Waals surface area contributed by atoms with Crippen LogP contribution in [0.3, 0.4) is 0 Å². The fraction of sp³-hybridized carbons (Fsp3) is 0.308. The lowest BCUT2D eigenvalue weighted by molar-refractivity contribution is 0.151. The Bertz CT molecular complexity index is 1300. The van der Waals surface area contributed by atoms with Crippen molar-refractivity contribution in [1.82, 2.24) is 4.57 Å². The number of alkyl halides is 2. The first-order valence-electron chi connectivity index (χ1n) is 10.8. The van der Waals surface area contributed by atoms with Gasteiger partial charge in [-0.1, -0.05) is 12.1 Å². The van der Waals surface area contributed by atoms with Gasteiger partial charge in [0.1, 0.15) is 0 Å². The summed E-state index contributed by atoms with van der Waals surface area (Å²) in [5.41, 5.74) is 5.45. The smallest absolute Gasteiger partial charge is 0.264 e. The standard InChI is InChI=1S/C26H27F2N3O/c1-5-17(15-29-3)19-13-18-8-7-11-31(24(18)14-20(19)25(27)28)23-10-6-9-22-21(23)12-16(2)26(32)30(22)4/h5-6,9-10,12-15,25H,7-8,11H2,1-4H3/b17-5+,29-15?. The van der Waals surface area contributed by atoms with E-state index in [-0.39, 0.29) is 11.1 Å². The topological polar surface area (TPSA) is 37.6 Å². The summed E-state index contributed by atoms with van der Waals surface area (Å²) >= 11 is 0. The SMILES string of the molecule is C/C=C(\C=NC)c1cc2c(cc1C(F)F)N(c1cccc3c1cc(C)c(=O)n3C)CCC2. The van der Waals surface area contributed by atoms with Crippen molar-refractivity contribution in [3.8, 4) is 0 Å². The Morgan fingerprint density at radius 3 is 2.66 bits per heavy atom. The number of halogens is 2. The summed E-state index contributed by atoms with van der Waals surface area (Å²) in [4.78, 5) is 18.6. The maximum Gasteiger partial charge on any atom is 0.264 e. The number of fused-ring (bicyclic) bond motifs is 2. The maximum atomic E-state index is 14.1. The van der Waals surface area contributed by atoms with Crippen LogP contribution < -0.4 is 10.5 Å². The Kier molecular flexibility index (Phi) is 5.96. The Hall–Kier alpha value is -3.28. The first kappa shape index (κ1) is 21.9. The van der Waals surface area contributed by atoms with Crippen LogP contribution in [0.2, 0.25) is 0 Å². The fourth-order valence-corrected chi connectivity index (χ4v) is 4.64. The quantitative estimate of drug-likeness (QED) is 0.473. The van der Waals surface area contributed by atoms with Gasteiger partial charge in [0, 0.05) is 49.1 Å². The molecule has 1 aromatic heterocycles. The Labute approximate surface area is 186 Å². The molecular formula is C26H27F2N3O. The minimum atomic E-state index is -2.60. The van der Waals surface area contributed by atoms with Crippen LogP contribution in [0.25, 0.3) is 16.5 Å². The van der Waals surface area contributed by atoms with Gasteiger partial charge in [-0.15, -0.1) is 0 Å². The second-order valence-corrected chi connectivity index (χ2v) is 8.16. The van der Waals surface area contributed by atoms with Crippen LogP contribution in [-0.2, 0) is 13.5 Å². The Balaban J connectivity index is 1.95. The van der Waals surface area contributed by atoms with Crippen molar-refractivity contribution < 1.29 is 8.78 Å². The van der Waals surface area contributed by atoms with E-state index in [2.05, 4.69) is 9.89 Å². The van der Waals surface area contributed by atoms with E-state index in [1.54, 1.807) is 37.9 Å². The minimum Gasteiger partial charge on any atom is -0.341 e. The number of pyridine rings is 1. The van der Waals surface area contributed by atoms with Crippen molar-refractivity contribution in [2.24, 2.45) is 12.0 Å². The molecule has 0 spiro atoms. The predicted octanol–water partition coefficient (Wildman–Crippen LogP) is 5.97. The summed E-state index contributed by atoms with van der Waals surface area (Å²) in [6.45, 7) is 4.36. The summed E-state index contributed by atoms with van der Waals surface area (Å²) in [5.74, 6) is 0. The van der Waals surface area contributed by atoms with Gasteiger partial charge in [0.05, 0.1) is 11.2 Å². The molecule has 166 valence electrons. The molecular weight excluding hydrogens is 408 g/mol. The van der Waals surface area contributed by atoms with E-state index in [0.29, 0.717) is 16.7 Å². The molecule has 6 heteroatoms. The largest absolute Gasteiger partial charge is 0.341 e. The van der Waals surface area contributed by atoms with Crippen molar-refractivity contribution >= 4 is 34.1 Å². The van der Waals surface area contributed by atoms with Crippen molar-refractivity contribution in [2.45, 2.75) is 33.1 Å². The second-order valence-electron chi connectivity index (χ2n) is 8.16. The highest BCUT2D eigenvalue weighted by molar-refractivity contribution is 6.10. The van der Waals surface area contributed by atoms with Crippen LogP contribution in [0.15, 0.2) is 52.3 Å². The van der Waals surface area contributed by atoms with Crippen molar-refractivity contribution in [3.05, 3.63) is 75.1 Å². The number of aromatic nitrogens is 1. The number of nitrogens with zero attached hydrogens (tertiary/aromatic N) is 3. The number of hydrogen-bond donors (Lipinski definition) is 0. The van der Waals surface area contributed by atoms with Gasteiger partial charge in [0.25, 0.3) is 12.0 Å². The molecule has 0 fully saturated rings. The molecule has 1 aliphatic heterocycles. The molecule has 2 aromatic carbocycles. The molecule has 4 rings (SSSR count). The number of aliphatic imine (C=N–C) groups is 1. The van der Waals surface area contributed by atoms with E-state index < -0.39 is 6.43 Å². The van der Waals surface area contributed by atoms with Gasteiger partial charge in [-0.05, 0) is 73.7 Å². The molecule has 1 aliphatic rings. The highest BCUT2D eigenvalue weighted by Gasteiger charge is 2.25. The number of aryl methyl sites for hydroxylation is 3. The van der Waals surface area contributed by atoms with E-state index in [4.69, 9.17) is 0 Å². The Morgan fingerprint density at radius 2 is 1.97 bits per heavy atom. The van der Waals surface area contributed by atoms with Crippen LogP contribution in [0.1, 0.15) is 42.0 Å². The van der Waals surface area contributed by atoms with Crippen molar-refractivity contribution in [2.75, 3.05) is 18.5 Å². The molecule has 0 radical (unpaired) electrons. The molecule has 2 heterocycles. The van der Waals surface area contributed by atoms with E-state index in [0.717, 1.165) is 47.2 Å². The molecule has 3 aromatic rings. The third-order valence-electron chi connectivity index (χ3n) is 6.21. The first-order valence-corrected chi connectivity index (χ1v) is 10.8. The van der Waals surface area contributed by atoms with Crippen LogP contribution in [0.4, 0.5) is 20.2 Å². The Morgan fingerprint density at radius 1 is 1.19 bits per heavy atom. The monoisotopic (exact) mass is 435 g/mol. The van der Waals surface area contributed by atoms with Crippen LogP contribution in [-0.4, -0.2) is 24.4 Å². The average molecular weight is 436 g/mol. The summed E-state index contributed by atoms with van der Waals surface area (Å²) in [7, 11) is 3.40. The maximum absolute atomic E-state index is 14.1. The molecule has 0 amide bonds. The fourth-order valence-electron chi connectivity index (χ4n) is 4.64. The summed E-state index contributed by atoms with van der Waals surface area (Å²) in [5, 5.41) is 0.940. The molecule has 4 nitrogen and oxygen atoms in total. The zero-order valence-electron chi connectivity index (χ0n) is 18.8. The second kappa shape index (κ2) is 8.69. The summed E-state index contributed by atoms with van der Waals surface area (Å²) in [6, 6.07) is 11.3. The zero-order chi connectivity index (χ0) is 23.0. The lowest BCUT2D eigenvalue weighted by Crippen LogP contribution is -2.26. The number of allylic oxidation sites excluding steroid dienone is 2. The normalized spacial score (nSPS) is 14.6. The predicted molar refractivity (Wildman–Crippen MR) is 129 cm³/mol. The third-order valence-corrected chi connectivity index (χ3v) is 6.21. The average Bonchev–Trinajstić information content (AvgIpc) is 2.79.